The van der Waals surface area contributed by atoms with E-state index in [1.165, 1.54) is 18.2 Å². The molecule has 0 aliphatic heterocycles. The normalized spacial score (nSPS) is 11.3. The van der Waals surface area contributed by atoms with E-state index in [-0.39, 0.29) is 10.6 Å². The van der Waals surface area contributed by atoms with Gasteiger partial charge < -0.3 is 4.43 Å². The van der Waals surface area contributed by atoms with Crippen molar-refractivity contribution >= 4 is 25.9 Å². The van der Waals surface area contributed by atoms with Crippen molar-refractivity contribution in [2.45, 2.75) is 19.6 Å². The van der Waals surface area contributed by atoms with Crippen molar-refractivity contribution in [3.63, 3.8) is 0 Å². The molecule has 82 valence electrons. The van der Waals surface area contributed by atoms with Gasteiger partial charge in [0.25, 0.3) is 0 Å². The molecule has 0 fully saturated rings. The Labute approximate surface area is 94.1 Å². The van der Waals surface area contributed by atoms with Gasteiger partial charge in [-0.1, -0.05) is 17.7 Å². The van der Waals surface area contributed by atoms with Crippen LogP contribution in [-0.2, 0) is 4.43 Å². The minimum absolute atomic E-state index is 0.0694. The monoisotopic (exact) mass is 246 g/mol. The summed E-state index contributed by atoms with van der Waals surface area (Å²) in [7, 11) is -2.00. The summed E-state index contributed by atoms with van der Waals surface area (Å²) >= 11 is 5.56. The first-order valence-corrected chi connectivity index (χ1v) is 8.27. The summed E-state index contributed by atoms with van der Waals surface area (Å²) in [6.07, 6.45) is 0. The molecule has 0 N–H and O–H groups in total. The smallest absolute Gasteiger partial charge is 0.327 e. The molecule has 0 heterocycles. The highest BCUT2D eigenvalue weighted by molar-refractivity contribution is 6.71. The van der Waals surface area contributed by atoms with Crippen molar-refractivity contribution in [3.8, 4) is 0 Å². The third kappa shape index (κ3) is 3.32. The average Bonchev–Trinajstić information content (AvgIpc) is 2.06. The van der Waals surface area contributed by atoms with Gasteiger partial charge in [0.2, 0.25) is 8.32 Å². The van der Waals surface area contributed by atoms with Gasteiger partial charge in [0.15, 0.2) is 5.82 Å². The van der Waals surface area contributed by atoms with Crippen molar-refractivity contribution in [2.24, 2.45) is 0 Å². The molecule has 15 heavy (non-hydrogen) atoms. The summed E-state index contributed by atoms with van der Waals surface area (Å²) in [5.74, 6) is -1.36. The van der Waals surface area contributed by atoms with Crippen LogP contribution >= 0.6 is 11.6 Å². The van der Waals surface area contributed by atoms with Crippen LogP contribution in [0.1, 0.15) is 10.4 Å². The summed E-state index contributed by atoms with van der Waals surface area (Å²) in [6.45, 7) is 5.56. The van der Waals surface area contributed by atoms with Gasteiger partial charge in [-0.3, -0.25) is 0 Å². The molecule has 0 aliphatic rings. The minimum atomic E-state index is -2.00. The Morgan fingerprint density at radius 3 is 2.53 bits per heavy atom. The van der Waals surface area contributed by atoms with Crippen LogP contribution in [-0.4, -0.2) is 14.3 Å². The van der Waals surface area contributed by atoms with Gasteiger partial charge in [0.1, 0.15) is 0 Å². The topological polar surface area (TPSA) is 26.3 Å². The van der Waals surface area contributed by atoms with E-state index in [1.807, 2.05) is 19.6 Å². The number of carbonyl (C=O) groups is 1. The Kier molecular flexibility index (Phi) is 3.52. The molecule has 5 heteroatoms. The number of hydrogen-bond donors (Lipinski definition) is 0. The molecule has 0 aromatic heterocycles. The molecule has 0 bridgehead atoms. The van der Waals surface area contributed by atoms with Gasteiger partial charge >= 0.3 is 5.97 Å². The number of benzene rings is 1. The molecular weight excluding hydrogens is 235 g/mol. The Morgan fingerprint density at radius 1 is 1.40 bits per heavy atom. The number of carbonyl (C=O) groups excluding carboxylic acids is 1. The van der Waals surface area contributed by atoms with Crippen molar-refractivity contribution in [1.29, 1.82) is 0 Å². The third-order valence-electron chi connectivity index (χ3n) is 1.57. The minimum Gasteiger partial charge on any atom is -0.516 e. The molecule has 1 aromatic rings. The zero-order chi connectivity index (χ0) is 11.6. The van der Waals surface area contributed by atoms with E-state index in [1.54, 1.807) is 0 Å². The predicted molar refractivity (Wildman–Crippen MR) is 60.2 cm³/mol. The predicted octanol–water partition coefficient (Wildman–Crippen LogP) is 3.47. The van der Waals surface area contributed by atoms with Crippen LogP contribution in [0.4, 0.5) is 4.39 Å². The van der Waals surface area contributed by atoms with Gasteiger partial charge in [-0.2, -0.15) is 0 Å². The van der Waals surface area contributed by atoms with Crippen LogP contribution < -0.4 is 0 Å². The lowest BCUT2D eigenvalue weighted by atomic mass is 10.2. The molecule has 2 nitrogen and oxygen atoms in total. The summed E-state index contributed by atoms with van der Waals surface area (Å²) in [5.41, 5.74) is -0.107. The van der Waals surface area contributed by atoms with Gasteiger partial charge in [-0.15, -0.1) is 0 Å². The Morgan fingerprint density at radius 2 is 2.00 bits per heavy atom. The fourth-order valence-corrected chi connectivity index (χ4v) is 1.84. The lowest BCUT2D eigenvalue weighted by Gasteiger charge is -2.17. The number of hydrogen-bond acceptors (Lipinski definition) is 2. The molecule has 0 aliphatic carbocycles. The maximum Gasteiger partial charge on any atom is 0.327 e. The van der Waals surface area contributed by atoms with Crippen molar-refractivity contribution in [3.05, 3.63) is 34.6 Å². The highest BCUT2D eigenvalue weighted by Crippen LogP contribution is 2.19. The lowest BCUT2D eigenvalue weighted by Crippen LogP contribution is -2.29. The Hall–Kier alpha value is -0.873. The summed E-state index contributed by atoms with van der Waals surface area (Å²) in [5, 5.41) is -0.0694. The van der Waals surface area contributed by atoms with Crippen LogP contribution in [0, 0.1) is 5.82 Å². The number of halogens is 2. The third-order valence-corrected chi connectivity index (χ3v) is 2.66. The second-order valence-corrected chi connectivity index (χ2v) is 8.94. The summed E-state index contributed by atoms with van der Waals surface area (Å²) in [4.78, 5) is 11.5. The van der Waals surface area contributed by atoms with E-state index >= 15 is 0 Å². The Bertz CT molecular complexity index is 387. The number of rotatable bonds is 2. The van der Waals surface area contributed by atoms with Crippen LogP contribution in [0.25, 0.3) is 0 Å². The maximum absolute atomic E-state index is 13.4. The zero-order valence-electron chi connectivity index (χ0n) is 8.80. The standard InChI is InChI=1S/C10H12ClFO2Si/c1-15(2,3)14-10(13)7-5-4-6-8(11)9(7)12/h4-6H,1-3H3. The molecule has 0 unspecified atom stereocenters. The largest absolute Gasteiger partial charge is 0.516 e. The second-order valence-electron chi connectivity index (χ2n) is 4.10. The average molecular weight is 247 g/mol. The molecule has 1 rings (SSSR count). The van der Waals surface area contributed by atoms with Crippen molar-refractivity contribution in [2.75, 3.05) is 0 Å². The molecule has 0 radical (unpaired) electrons. The fourth-order valence-electron chi connectivity index (χ4n) is 0.995. The fraction of sp³-hybridized carbons (Fsp3) is 0.300. The molecule has 0 saturated heterocycles. The molecule has 0 atom stereocenters. The molecule has 0 saturated carbocycles. The van der Waals surface area contributed by atoms with Gasteiger partial charge in [0.05, 0.1) is 10.6 Å². The first kappa shape index (κ1) is 12.2. The first-order chi connectivity index (χ1) is 6.81. The summed E-state index contributed by atoms with van der Waals surface area (Å²) < 4.78 is 18.6. The molecule has 1 aromatic carbocycles. The van der Waals surface area contributed by atoms with Gasteiger partial charge in [0, 0.05) is 0 Å². The highest BCUT2D eigenvalue weighted by Gasteiger charge is 2.23. The first-order valence-electron chi connectivity index (χ1n) is 4.48. The van der Waals surface area contributed by atoms with Crippen LogP contribution in [0.3, 0.4) is 0 Å². The molecular formula is C10H12ClFO2Si. The van der Waals surface area contributed by atoms with Gasteiger partial charge in [-0.05, 0) is 31.8 Å². The summed E-state index contributed by atoms with van der Waals surface area (Å²) in [6, 6.07) is 4.28. The van der Waals surface area contributed by atoms with E-state index in [2.05, 4.69) is 0 Å². The highest BCUT2D eigenvalue weighted by atomic mass is 35.5. The molecule has 0 spiro atoms. The lowest BCUT2D eigenvalue weighted by molar-refractivity contribution is 0.0720. The van der Waals surface area contributed by atoms with Crippen LogP contribution in [0.15, 0.2) is 18.2 Å². The second kappa shape index (κ2) is 4.33. The SMILES string of the molecule is C[Si](C)(C)OC(=O)c1cccc(Cl)c1F. The van der Waals surface area contributed by atoms with Gasteiger partial charge in [-0.25, -0.2) is 9.18 Å². The van der Waals surface area contributed by atoms with Crippen LogP contribution in [0.5, 0.6) is 0 Å². The van der Waals surface area contributed by atoms with E-state index in [4.69, 9.17) is 16.0 Å². The zero-order valence-corrected chi connectivity index (χ0v) is 10.6. The van der Waals surface area contributed by atoms with Crippen LogP contribution in [0.2, 0.25) is 24.7 Å². The van der Waals surface area contributed by atoms with Crippen molar-refractivity contribution in [1.82, 2.24) is 0 Å². The van der Waals surface area contributed by atoms with Crippen molar-refractivity contribution < 1.29 is 13.6 Å². The van der Waals surface area contributed by atoms with E-state index < -0.39 is 20.1 Å². The van der Waals surface area contributed by atoms with E-state index in [0.29, 0.717) is 0 Å². The Balaban J connectivity index is 2.97. The maximum atomic E-state index is 13.4. The molecule has 0 amide bonds. The van der Waals surface area contributed by atoms with E-state index in [0.717, 1.165) is 0 Å². The van der Waals surface area contributed by atoms with E-state index in [9.17, 15) is 9.18 Å². The quantitative estimate of drug-likeness (QED) is 0.747.